The fraction of sp³-hybridized carbons (Fsp3) is 0.552. The Bertz CT molecular complexity index is 1830. The van der Waals surface area contributed by atoms with E-state index < -0.39 is 0 Å². The lowest BCUT2D eigenvalue weighted by molar-refractivity contribution is 0.368. The number of nitrogen functional groups attached to an aromatic ring is 1. The van der Waals surface area contributed by atoms with Gasteiger partial charge in [-0.2, -0.15) is 0 Å². The minimum absolute atomic E-state index is 0.00290. The van der Waals surface area contributed by atoms with Crippen molar-refractivity contribution in [1.29, 1.82) is 0 Å². The van der Waals surface area contributed by atoms with E-state index in [0.29, 0.717) is 17.5 Å². The van der Waals surface area contributed by atoms with Crippen molar-refractivity contribution in [2.45, 2.75) is 205 Å². The largest absolute Gasteiger partial charge is 0.505 e. The van der Waals surface area contributed by atoms with Crippen molar-refractivity contribution in [2.75, 3.05) is 12.8 Å². The van der Waals surface area contributed by atoms with Gasteiger partial charge in [-0.1, -0.05) is 116 Å². The minimum Gasteiger partial charge on any atom is -0.505 e. The van der Waals surface area contributed by atoms with E-state index in [1.165, 1.54) is 82.1 Å². The topological polar surface area (TPSA) is 75.7 Å². The molecule has 0 amide bonds. The molecule has 4 N–H and O–H groups in total. The zero-order valence-corrected chi connectivity index (χ0v) is 42.1. The second kappa shape index (κ2) is 32.5. The Morgan fingerprint density at radius 2 is 0.645 bits per heavy atom. The summed E-state index contributed by atoms with van der Waals surface area (Å²) < 4.78 is 5.21. The minimum atomic E-state index is -0.0284. The number of rotatable bonds is 30. The fourth-order valence-electron chi connectivity index (χ4n) is 7.50. The van der Waals surface area contributed by atoms with E-state index in [-0.39, 0.29) is 22.9 Å². The molecule has 0 spiro atoms. The SMILES string of the molecule is COc1c(N)c(O)c(C)c(C/C=C(\C)CC/C=C(\C)CC/C=C(/C)CC/C=C(\C)CC/C=C(/C)CC/C=C(\C)CC/C=C(/C)CC/C=C(/C)CC/C=C(\C)CCC=C(C)C)c1O. The first kappa shape index (κ1) is 55.8. The average molecular weight is 850 g/mol. The van der Waals surface area contributed by atoms with E-state index >= 15 is 0 Å². The third kappa shape index (κ3) is 25.7. The van der Waals surface area contributed by atoms with Gasteiger partial charge in [-0.25, -0.2) is 0 Å². The van der Waals surface area contributed by atoms with Crippen LogP contribution in [0.4, 0.5) is 5.69 Å². The third-order valence-electron chi connectivity index (χ3n) is 12.0. The summed E-state index contributed by atoms with van der Waals surface area (Å²) in [5.74, 6) is 0.107. The van der Waals surface area contributed by atoms with E-state index in [2.05, 4.69) is 137 Å². The summed E-state index contributed by atoms with van der Waals surface area (Å²) in [5.41, 5.74) is 21.9. The van der Waals surface area contributed by atoms with Crippen molar-refractivity contribution in [2.24, 2.45) is 0 Å². The maximum atomic E-state index is 10.6. The summed E-state index contributed by atoms with van der Waals surface area (Å²) in [6, 6.07) is 0. The molecule has 0 aliphatic carbocycles. The second-order valence-corrected chi connectivity index (χ2v) is 18.5. The maximum absolute atomic E-state index is 10.6. The molecule has 0 saturated carbocycles. The highest BCUT2D eigenvalue weighted by atomic mass is 16.5. The summed E-state index contributed by atoms with van der Waals surface area (Å²) >= 11 is 0. The van der Waals surface area contributed by atoms with Gasteiger partial charge in [0.25, 0.3) is 0 Å². The molecule has 0 fully saturated rings. The van der Waals surface area contributed by atoms with Gasteiger partial charge in [0, 0.05) is 11.1 Å². The normalized spacial score (nSPS) is 14.2. The summed E-state index contributed by atoms with van der Waals surface area (Å²) in [7, 11) is 1.44. The van der Waals surface area contributed by atoms with Crippen molar-refractivity contribution in [3.05, 3.63) is 128 Å². The molecule has 4 heteroatoms. The maximum Gasteiger partial charge on any atom is 0.187 e. The Labute approximate surface area is 382 Å². The number of nitrogens with two attached hydrogens (primary N) is 1. The number of hydrogen-bond donors (Lipinski definition) is 3. The molecule has 1 rings (SSSR count). The summed E-state index contributed by atoms with van der Waals surface area (Å²) in [6.07, 6.45) is 44.6. The van der Waals surface area contributed by atoms with Gasteiger partial charge in [0.15, 0.2) is 11.5 Å². The van der Waals surface area contributed by atoms with Crippen LogP contribution < -0.4 is 10.5 Å². The van der Waals surface area contributed by atoms with Crippen LogP contribution in [0, 0.1) is 6.92 Å². The Morgan fingerprint density at radius 1 is 0.403 bits per heavy atom. The molecule has 346 valence electrons. The number of benzene rings is 1. The van der Waals surface area contributed by atoms with Crippen LogP contribution in [0.1, 0.15) is 203 Å². The molecule has 0 radical (unpaired) electrons. The van der Waals surface area contributed by atoms with Crippen LogP contribution in [0.25, 0.3) is 0 Å². The lowest BCUT2D eigenvalue weighted by Gasteiger charge is -2.15. The van der Waals surface area contributed by atoms with E-state index in [1.807, 2.05) is 0 Å². The third-order valence-corrected chi connectivity index (χ3v) is 12.0. The average Bonchev–Trinajstić information content (AvgIpc) is 3.20. The van der Waals surface area contributed by atoms with E-state index in [1.54, 1.807) is 6.92 Å². The molecule has 0 atom stereocenters. The van der Waals surface area contributed by atoms with Crippen LogP contribution in [-0.2, 0) is 6.42 Å². The van der Waals surface area contributed by atoms with Gasteiger partial charge in [0.1, 0.15) is 11.4 Å². The predicted octanol–water partition coefficient (Wildman–Crippen LogP) is 18.0. The highest BCUT2D eigenvalue weighted by molar-refractivity contribution is 5.73. The summed E-state index contributed by atoms with van der Waals surface area (Å²) in [5, 5.41) is 21.0. The number of methoxy groups -OCH3 is 1. The number of ether oxygens (including phenoxy) is 1. The molecule has 1 aromatic carbocycles. The molecular formula is C58H91NO3. The van der Waals surface area contributed by atoms with Gasteiger partial charge < -0.3 is 20.7 Å². The van der Waals surface area contributed by atoms with Crippen LogP contribution in [0.5, 0.6) is 17.2 Å². The molecular weight excluding hydrogens is 759 g/mol. The lowest BCUT2D eigenvalue weighted by Crippen LogP contribution is -1.99. The Kier molecular flexibility index (Phi) is 29.3. The van der Waals surface area contributed by atoms with Crippen molar-refractivity contribution < 1.29 is 14.9 Å². The van der Waals surface area contributed by atoms with Gasteiger partial charge in [-0.3, -0.25) is 0 Å². The zero-order valence-electron chi connectivity index (χ0n) is 42.1. The smallest absolute Gasteiger partial charge is 0.187 e. The molecule has 4 nitrogen and oxygen atoms in total. The number of hydrogen-bond acceptors (Lipinski definition) is 4. The lowest BCUT2D eigenvalue weighted by atomic mass is 9.99. The number of phenolic OH excluding ortho intramolecular Hbond substituents is 2. The summed E-state index contributed by atoms with van der Waals surface area (Å²) in [6.45, 7) is 26.5. The zero-order chi connectivity index (χ0) is 46.5. The molecule has 0 heterocycles. The fourth-order valence-corrected chi connectivity index (χ4v) is 7.50. The van der Waals surface area contributed by atoms with Crippen LogP contribution >= 0.6 is 0 Å². The Hall–Kier alpha value is -4.18. The van der Waals surface area contributed by atoms with Gasteiger partial charge in [-0.05, 0) is 205 Å². The molecule has 0 unspecified atom stereocenters. The highest BCUT2D eigenvalue weighted by Crippen LogP contribution is 2.45. The first-order valence-corrected chi connectivity index (χ1v) is 23.9. The highest BCUT2D eigenvalue weighted by Gasteiger charge is 2.19. The van der Waals surface area contributed by atoms with Crippen LogP contribution in [0.2, 0.25) is 0 Å². The van der Waals surface area contributed by atoms with Crippen molar-refractivity contribution in [3.63, 3.8) is 0 Å². The molecule has 0 aromatic heterocycles. The molecule has 1 aromatic rings. The second-order valence-electron chi connectivity index (χ2n) is 18.5. The molecule has 0 saturated heterocycles. The Morgan fingerprint density at radius 3 is 0.887 bits per heavy atom. The predicted molar refractivity (Wildman–Crippen MR) is 276 cm³/mol. The van der Waals surface area contributed by atoms with Crippen LogP contribution in [0.15, 0.2) is 116 Å². The van der Waals surface area contributed by atoms with Crippen molar-refractivity contribution in [3.8, 4) is 17.2 Å². The first-order valence-electron chi connectivity index (χ1n) is 23.9. The van der Waals surface area contributed by atoms with Crippen LogP contribution in [0.3, 0.4) is 0 Å². The van der Waals surface area contributed by atoms with Gasteiger partial charge >= 0.3 is 0 Å². The number of phenols is 2. The number of aromatic hydroxyl groups is 2. The molecule has 62 heavy (non-hydrogen) atoms. The Balaban J connectivity index is 2.30. The van der Waals surface area contributed by atoms with E-state index in [4.69, 9.17) is 10.5 Å². The van der Waals surface area contributed by atoms with Crippen molar-refractivity contribution >= 4 is 5.69 Å². The number of anilines is 1. The summed E-state index contributed by atoms with van der Waals surface area (Å²) in [4.78, 5) is 0. The van der Waals surface area contributed by atoms with Crippen LogP contribution in [-0.4, -0.2) is 17.3 Å². The van der Waals surface area contributed by atoms with E-state index in [0.717, 1.165) is 96.3 Å². The first-order chi connectivity index (χ1) is 29.4. The van der Waals surface area contributed by atoms with Gasteiger partial charge in [0.05, 0.1) is 7.11 Å². The standard InChI is InChI=1S/C58H91NO3/c1-43(2)23-14-24-44(3)25-15-26-45(4)27-16-28-46(5)29-17-30-47(6)31-18-32-48(7)33-19-34-49(8)35-20-36-50(9)37-21-38-51(10)39-22-40-52(11)41-42-54-53(12)56(60)55(59)58(62-13)57(54)61/h23,25,27,29,31,33,35,37,39,41,60-61H,14-22,24,26,28,30,32,34,36,38,40,42,59H2,1-13H3/b44-25+,45-27-,46-29-,47-31+,48-33-,49-35+,50-37-,51-39+,52-41+. The molecule has 0 bridgehead atoms. The molecule has 0 aliphatic heterocycles. The van der Waals surface area contributed by atoms with Gasteiger partial charge in [0.2, 0.25) is 0 Å². The van der Waals surface area contributed by atoms with Gasteiger partial charge in [-0.15, -0.1) is 0 Å². The monoisotopic (exact) mass is 850 g/mol. The van der Waals surface area contributed by atoms with E-state index in [9.17, 15) is 10.2 Å². The molecule has 0 aliphatic rings. The number of allylic oxidation sites excluding steroid dienone is 20. The quantitative estimate of drug-likeness (QED) is 0.0312. The van der Waals surface area contributed by atoms with Crippen molar-refractivity contribution in [1.82, 2.24) is 0 Å².